The van der Waals surface area contributed by atoms with E-state index in [1.165, 1.54) is 0 Å². The van der Waals surface area contributed by atoms with Crippen LogP contribution in [-0.4, -0.2) is 45.9 Å². The van der Waals surface area contributed by atoms with Gasteiger partial charge in [-0.1, -0.05) is 41.5 Å². The minimum Gasteiger partial charge on any atom is -0.367 e. The number of nitrogens with zero attached hydrogens (tertiary/aromatic N) is 3. The molecule has 1 fully saturated rings. The topological polar surface area (TPSA) is 50.2 Å². The van der Waals surface area contributed by atoms with Gasteiger partial charge in [0.1, 0.15) is 5.82 Å². The molecule has 0 aromatic carbocycles. The smallest absolute Gasteiger partial charge is 0.367 e. The normalized spacial score (nSPS) is 26.1. The van der Waals surface area contributed by atoms with E-state index in [1.807, 2.05) is 46.4 Å². The Kier molecular flexibility index (Phi) is 5.45. The van der Waals surface area contributed by atoms with Gasteiger partial charge < -0.3 is 10.2 Å². The van der Waals surface area contributed by atoms with Crippen LogP contribution in [0.2, 0.25) is 0 Å². The molecule has 2 aliphatic rings. The SMILES string of the molecule is CC(C)(C)C(=O)N1CCC[C@H](c2cc3n(n2)[C@@H](C(F)(F)F)C[C@@H](C(C)(C)C)N3)C1. The van der Waals surface area contributed by atoms with Gasteiger partial charge in [0, 0.05) is 36.5 Å². The summed E-state index contributed by atoms with van der Waals surface area (Å²) in [6, 6.07) is -0.170. The van der Waals surface area contributed by atoms with E-state index in [1.54, 1.807) is 6.07 Å². The van der Waals surface area contributed by atoms with Crippen molar-refractivity contribution in [3.05, 3.63) is 11.8 Å². The molecule has 3 atom stereocenters. The summed E-state index contributed by atoms with van der Waals surface area (Å²) in [6.45, 7) is 12.7. The van der Waals surface area contributed by atoms with Crippen LogP contribution in [-0.2, 0) is 4.79 Å². The quantitative estimate of drug-likeness (QED) is 0.706. The van der Waals surface area contributed by atoms with Crippen molar-refractivity contribution in [2.75, 3.05) is 18.4 Å². The van der Waals surface area contributed by atoms with Gasteiger partial charge in [-0.2, -0.15) is 18.3 Å². The second-order valence-electron chi connectivity index (χ2n) is 10.6. The zero-order valence-corrected chi connectivity index (χ0v) is 18.2. The molecule has 8 heteroatoms. The molecule has 29 heavy (non-hydrogen) atoms. The Morgan fingerprint density at radius 1 is 1.17 bits per heavy atom. The lowest BCUT2D eigenvalue weighted by Crippen LogP contribution is -2.45. The summed E-state index contributed by atoms with van der Waals surface area (Å²) >= 11 is 0. The number of amides is 1. The molecule has 0 aliphatic carbocycles. The number of alkyl halides is 3. The number of likely N-dealkylation sites (tertiary alicyclic amines) is 1. The van der Waals surface area contributed by atoms with E-state index in [9.17, 15) is 18.0 Å². The number of anilines is 1. The zero-order valence-electron chi connectivity index (χ0n) is 18.2. The first kappa shape index (κ1) is 22.0. The average molecular weight is 415 g/mol. The van der Waals surface area contributed by atoms with Crippen molar-refractivity contribution in [1.29, 1.82) is 0 Å². The number of hydrogen-bond acceptors (Lipinski definition) is 3. The predicted molar refractivity (Wildman–Crippen MR) is 107 cm³/mol. The molecule has 0 spiro atoms. The third kappa shape index (κ3) is 4.56. The van der Waals surface area contributed by atoms with Crippen LogP contribution in [0.4, 0.5) is 19.0 Å². The van der Waals surface area contributed by atoms with Crippen LogP contribution in [0.5, 0.6) is 0 Å². The molecule has 1 aromatic heterocycles. The highest BCUT2D eigenvalue weighted by Gasteiger charge is 2.48. The van der Waals surface area contributed by atoms with Crippen molar-refractivity contribution in [3.63, 3.8) is 0 Å². The number of rotatable bonds is 1. The van der Waals surface area contributed by atoms with Crippen molar-refractivity contribution in [3.8, 4) is 0 Å². The van der Waals surface area contributed by atoms with E-state index in [-0.39, 0.29) is 29.7 Å². The van der Waals surface area contributed by atoms with E-state index in [0.717, 1.165) is 17.5 Å². The summed E-state index contributed by atoms with van der Waals surface area (Å²) in [7, 11) is 0. The van der Waals surface area contributed by atoms with Crippen LogP contribution in [0.1, 0.15) is 78.5 Å². The molecule has 5 nitrogen and oxygen atoms in total. The van der Waals surface area contributed by atoms with Gasteiger partial charge in [0.05, 0.1) is 5.69 Å². The molecule has 3 rings (SSSR count). The van der Waals surface area contributed by atoms with Crippen LogP contribution in [0.3, 0.4) is 0 Å². The molecule has 0 bridgehead atoms. The largest absolute Gasteiger partial charge is 0.410 e. The van der Waals surface area contributed by atoms with Gasteiger partial charge in [-0.3, -0.25) is 4.79 Å². The first-order valence-corrected chi connectivity index (χ1v) is 10.4. The van der Waals surface area contributed by atoms with Crippen molar-refractivity contribution >= 4 is 11.7 Å². The van der Waals surface area contributed by atoms with Gasteiger partial charge in [-0.25, -0.2) is 4.68 Å². The minimum atomic E-state index is -4.36. The Labute approximate surface area is 171 Å². The van der Waals surface area contributed by atoms with Crippen molar-refractivity contribution in [2.45, 2.75) is 85.0 Å². The number of fused-ring (bicyclic) bond motifs is 1. The summed E-state index contributed by atoms with van der Waals surface area (Å²) in [4.78, 5) is 14.5. The molecule has 0 unspecified atom stereocenters. The highest BCUT2D eigenvalue weighted by Crippen LogP contribution is 2.44. The number of nitrogens with one attached hydrogen (secondary N) is 1. The number of aromatic nitrogens is 2. The summed E-state index contributed by atoms with van der Waals surface area (Å²) in [5.74, 6) is 0.454. The summed E-state index contributed by atoms with van der Waals surface area (Å²) in [5, 5.41) is 7.67. The van der Waals surface area contributed by atoms with Crippen molar-refractivity contribution < 1.29 is 18.0 Å². The van der Waals surface area contributed by atoms with Gasteiger partial charge in [0.15, 0.2) is 6.04 Å². The molecule has 0 radical (unpaired) electrons. The van der Waals surface area contributed by atoms with Crippen LogP contribution in [0, 0.1) is 10.8 Å². The lowest BCUT2D eigenvalue weighted by Gasteiger charge is -2.39. The van der Waals surface area contributed by atoms with Gasteiger partial charge in [-0.15, -0.1) is 0 Å². The Hall–Kier alpha value is -1.73. The predicted octanol–water partition coefficient (Wildman–Crippen LogP) is 4.97. The number of piperidine rings is 1. The number of carbonyl (C=O) groups is 1. The monoisotopic (exact) mass is 414 g/mol. The third-order valence-electron chi connectivity index (χ3n) is 6.02. The molecule has 1 N–H and O–H groups in total. The molecular weight excluding hydrogens is 381 g/mol. The lowest BCUT2D eigenvalue weighted by molar-refractivity contribution is -0.175. The van der Waals surface area contributed by atoms with Gasteiger partial charge >= 0.3 is 6.18 Å². The third-order valence-corrected chi connectivity index (χ3v) is 6.02. The maximum atomic E-state index is 13.8. The second-order valence-corrected chi connectivity index (χ2v) is 10.6. The Bertz CT molecular complexity index is 757. The Morgan fingerprint density at radius 2 is 1.83 bits per heavy atom. The van der Waals surface area contributed by atoms with Crippen molar-refractivity contribution in [1.82, 2.24) is 14.7 Å². The van der Waals surface area contributed by atoms with Crippen LogP contribution < -0.4 is 5.32 Å². The van der Waals surface area contributed by atoms with Gasteiger partial charge in [0.2, 0.25) is 5.91 Å². The molecule has 0 saturated carbocycles. The molecule has 3 heterocycles. The highest BCUT2D eigenvalue weighted by molar-refractivity contribution is 5.81. The average Bonchev–Trinajstić information content (AvgIpc) is 3.02. The maximum absolute atomic E-state index is 13.8. The Morgan fingerprint density at radius 3 is 2.38 bits per heavy atom. The van der Waals surface area contributed by atoms with E-state index >= 15 is 0 Å². The maximum Gasteiger partial charge on any atom is 0.410 e. The molecule has 1 saturated heterocycles. The van der Waals surface area contributed by atoms with E-state index in [4.69, 9.17) is 0 Å². The number of carbonyl (C=O) groups excluding carboxylic acids is 1. The van der Waals surface area contributed by atoms with Crippen LogP contribution in [0.25, 0.3) is 0 Å². The van der Waals surface area contributed by atoms with Crippen LogP contribution in [0.15, 0.2) is 6.07 Å². The number of hydrogen-bond donors (Lipinski definition) is 1. The highest BCUT2D eigenvalue weighted by atomic mass is 19.4. The first-order chi connectivity index (χ1) is 13.2. The fourth-order valence-electron chi connectivity index (χ4n) is 4.24. The minimum absolute atomic E-state index is 0.0412. The zero-order chi connectivity index (χ0) is 21.8. The summed E-state index contributed by atoms with van der Waals surface area (Å²) in [5.41, 5.74) is -0.138. The summed E-state index contributed by atoms with van der Waals surface area (Å²) in [6.07, 6.45) is -2.75. The lowest BCUT2D eigenvalue weighted by atomic mass is 9.82. The van der Waals surface area contributed by atoms with E-state index < -0.39 is 17.6 Å². The fourth-order valence-corrected chi connectivity index (χ4v) is 4.24. The standard InChI is InChI=1S/C21H33F3N4O/c1-19(2,3)15-11-16(21(22,23)24)28-17(25-15)10-14(26-28)13-8-7-9-27(12-13)18(29)20(4,5)6/h10,13,15-16,25H,7-9,11-12H2,1-6H3/t13-,15-,16+/m0/s1. The number of halogens is 3. The van der Waals surface area contributed by atoms with Gasteiger partial charge in [0.25, 0.3) is 0 Å². The van der Waals surface area contributed by atoms with Crippen LogP contribution >= 0.6 is 0 Å². The fraction of sp³-hybridized carbons (Fsp3) is 0.810. The molecule has 1 amide bonds. The summed E-state index contributed by atoms with van der Waals surface area (Å²) < 4.78 is 42.5. The molecule has 2 aliphatic heterocycles. The second kappa shape index (κ2) is 7.20. The molecule has 1 aromatic rings. The Balaban J connectivity index is 1.88. The van der Waals surface area contributed by atoms with E-state index in [2.05, 4.69) is 10.4 Å². The molecular formula is C21H33F3N4O. The van der Waals surface area contributed by atoms with Gasteiger partial charge in [-0.05, 0) is 24.7 Å². The molecule has 164 valence electrons. The van der Waals surface area contributed by atoms with Crippen molar-refractivity contribution in [2.24, 2.45) is 10.8 Å². The van der Waals surface area contributed by atoms with E-state index in [0.29, 0.717) is 24.6 Å². The first-order valence-electron chi connectivity index (χ1n) is 10.4.